The molecule has 0 aliphatic carbocycles. The zero-order valence-electron chi connectivity index (χ0n) is 18.9. The van der Waals surface area contributed by atoms with Crippen LogP contribution in [0.4, 0.5) is 13.2 Å². The van der Waals surface area contributed by atoms with E-state index in [9.17, 15) is 18.4 Å². The standard InChI is InChI=1S/C26H33F3N2/c1-5-17-31(21(4)22-12-7-6-8-13-22)18-11-16-25(19-30,20(2)3)23-14-9-10-15-24(23)26(27,28)29/h6-10,12-15,20-21H,5,11,16-18H2,1-4H3. The number of hydrogen-bond donors (Lipinski definition) is 0. The number of halogens is 3. The van der Waals surface area contributed by atoms with Crippen molar-refractivity contribution in [3.63, 3.8) is 0 Å². The molecular weight excluding hydrogens is 397 g/mol. The van der Waals surface area contributed by atoms with E-state index in [1.165, 1.54) is 17.7 Å². The van der Waals surface area contributed by atoms with Gasteiger partial charge in [0.2, 0.25) is 0 Å². The maximum atomic E-state index is 13.7. The van der Waals surface area contributed by atoms with Gasteiger partial charge in [0.15, 0.2) is 0 Å². The molecule has 0 saturated carbocycles. The van der Waals surface area contributed by atoms with Crippen LogP contribution in [0, 0.1) is 17.2 Å². The Hall–Kier alpha value is -2.32. The van der Waals surface area contributed by atoms with Gasteiger partial charge in [-0.05, 0) is 62.4 Å². The Kier molecular flexibility index (Phi) is 8.70. The molecule has 168 valence electrons. The van der Waals surface area contributed by atoms with Gasteiger partial charge < -0.3 is 0 Å². The van der Waals surface area contributed by atoms with Crippen LogP contribution >= 0.6 is 0 Å². The molecule has 31 heavy (non-hydrogen) atoms. The molecule has 0 bridgehead atoms. The fourth-order valence-corrected chi connectivity index (χ4v) is 4.39. The van der Waals surface area contributed by atoms with E-state index in [2.05, 4.69) is 36.9 Å². The van der Waals surface area contributed by atoms with Gasteiger partial charge in [-0.25, -0.2) is 0 Å². The highest BCUT2D eigenvalue weighted by Crippen LogP contribution is 2.43. The molecule has 0 spiro atoms. The Bertz CT molecular complexity index is 855. The first kappa shape index (κ1) is 24.9. The molecule has 2 aromatic carbocycles. The van der Waals surface area contributed by atoms with Crippen LogP contribution in [0.5, 0.6) is 0 Å². The number of alkyl halides is 3. The fraction of sp³-hybridized carbons (Fsp3) is 0.500. The smallest absolute Gasteiger partial charge is 0.297 e. The largest absolute Gasteiger partial charge is 0.416 e. The number of nitrogens with zero attached hydrogens (tertiary/aromatic N) is 2. The highest BCUT2D eigenvalue weighted by atomic mass is 19.4. The van der Waals surface area contributed by atoms with Crippen LogP contribution in [-0.2, 0) is 11.6 Å². The first-order valence-corrected chi connectivity index (χ1v) is 11.0. The third kappa shape index (κ3) is 5.89. The van der Waals surface area contributed by atoms with Gasteiger partial charge in [0.05, 0.1) is 17.0 Å². The van der Waals surface area contributed by atoms with Crippen LogP contribution in [0.2, 0.25) is 0 Å². The van der Waals surface area contributed by atoms with Crippen molar-refractivity contribution in [1.82, 2.24) is 4.90 Å². The summed E-state index contributed by atoms with van der Waals surface area (Å²) in [6.45, 7) is 9.59. The lowest BCUT2D eigenvalue weighted by atomic mass is 9.68. The van der Waals surface area contributed by atoms with Crippen molar-refractivity contribution in [2.75, 3.05) is 13.1 Å². The summed E-state index contributed by atoms with van der Waals surface area (Å²) in [6.07, 6.45) is -2.46. The van der Waals surface area contributed by atoms with Crippen molar-refractivity contribution in [2.45, 2.75) is 64.6 Å². The molecule has 5 heteroatoms. The average Bonchev–Trinajstić information content (AvgIpc) is 2.75. The summed E-state index contributed by atoms with van der Waals surface area (Å²) in [4.78, 5) is 2.35. The van der Waals surface area contributed by atoms with Crippen LogP contribution in [0.15, 0.2) is 54.6 Å². The van der Waals surface area contributed by atoms with Gasteiger partial charge >= 0.3 is 6.18 Å². The summed E-state index contributed by atoms with van der Waals surface area (Å²) in [6, 6.07) is 18.3. The lowest BCUT2D eigenvalue weighted by Gasteiger charge is -2.35. The molecule has 2 atom stereocenters. The minimum Gasteiger partial charge on any atom is -0.297 e. The van der Waals surface area contributed by atoms with E-state index in [0.29, 0.717) is 12.8 Å². The van der Waals surface area contributed by atoms with Crippen LogP contribution in [0.1, 0.15) is 69.7 Å². The Morgan fingerprint density at radius 3 is 2.00 bits per heavy atom. The van der Waals surface area contributed by atoms with E-state index in [0.717, 1.165) is 25.6 Å². The predicted octanol–water partition coefficient (Wildman–Crippen LogP) is 7.38. The molecule has 0 heterocycles. The second kappa shape index (κ2) is 10.8. The van der Waals surface area contributed by atoms with E-state index in [4.69, 9.17) is 0 Å². The van der Waals surface area contributed by atoms with Gasteiger partial charge in [0.25, 0.3) is 0 Å². The Labute approximate surface area is 184 Å². The molecule has 0 saturated heterocycles. The topological polar surface area (TPSA) is 27.0 Å². The Morgan fingerprint density at radius 2 is 1.48 bits per heavy atom. The van der Waals surface area contributed by atoms with Crippen LogP contribution in [0.3, 0.4) is 0 Å². The van der Waals surface area contributed by atoms with Crippen molar-refractivity contribution in [3.8, 4) is 6.07 Å². The fourth-order valence-electron chi connectivity index (χ4n) is 4.39. The molecule has 0 radical (unpaired) electrons. The summed E-state index contributed by atoms with van der Waals surface area (Å²) < 4.78 is 41.1. The van der Waals surface area contributed by atoms with Gasteiger partial charge in [-0.3, -0.25) is 4.90 Å². The molecule has 0 aromatic heterocycles. The molecule has 2 rings (SSSR count). The van der Waals surface area contributed by atoms with E-state index in [1.54, 1.807) is 6.07 Å². The summed E-state index contributed by atoms with van der Waals surface area (Å²) in [5, 5.41) is 10.1. The minimum absolute atomic E-state index is 0.0955. The Morgan fingerprint density at radius 1 is 0.903 bits per heavy atom. The third-order valence-corrected chi connectivity index (χ3v) is 6.26. The number of rotatable bonds is 10. The maximum absolute atomic E-state index is 13.7. The summed E-state index contributed by atoms with van der Waals surface area (Å²) in [5.41, 5.74) is -0.569. The van der Waals surface area contributed by atoms with Crippen molar-refractivity contribution in [3.05, 3.63) is 71.3 Å². The number of hydrogen-bond acceptors (Lipinski definition) is 2. The van der Waals surface area contributed by atoms with Crippen LogP contribution < -0.4 is 0 Å². The normalized spacial score (nSPS) is 15.0. The maximum Gasteiger partial charge on any atom is 0.416 e. The minimum atomic E-state index is -4.48. The van der Waals surface area contributed by atoms with E-state index >= 15 is 0 Å². The van der Waals surface area contributed by atoms with E-state index in [-0.39, 0.29) is 17.5 Å². The zero-order valence-corrected chi connectivity index (χ0v) is 18.9. The molecular formula is C26H33F3N2. The van der Waals surface area contributed by atoms with E-state index < -0.39 is 17.2 Å². The molecule has 0 fully saturated rings. The quantitative estimate of drug-likeness (QED) is 0.393. The van der Waals surface area contributed by atoms with Crippen molar-refractivity contribution in [2.24, 2.45) is 5.92 Å². The predicted molar refractivity (Wildman–Crippen MR) is 120 cm³/mol. The lowest BCUT2D eigenvalue weighted by Crippen LogP contribution is -2.35. The second-order valence-electron chi connectivity index (χ2n) is 8.51. The molecule has 0 N–H and O–H groups in total. The molecule has 2 aromatic rings. The summed E-state index contributed by atoms with van der Waals surface area (Å²) >= 11 is 0. The molecule has 0 amide bonds. The van der Waals surface area contributed by atoms with Crippen LogP contribution in [0.25, 0.3) is 0 Å². The molecule has 0 aliphatic heterocycles. The van der Waals surface area contributed by atoms with Crippen molar-refractivity contribution in [1.29, 1.82) is 5.26 Å². The highest BCUT2D eigenvalue weighted by molar-refractivity contribution is 5.41. The zero-order chi connectivity index (χ0) is 23.1. The Balaban J connectivity index is 2.27. The van der Waals surface area contributed by atoms with Crippen molar-refractivity contribution >= 4 is 0 Å². The van der Waals surface area contributed by atoms with Gasteiger partial charge in [0, 0.05) is 6.04 Å². The number of benzene rings is 2. The first-order valence-electron chi connectivity index (χ1n) is 11.0. The van der Waals surface area contributed by atoms with E-state index in [1.807, 2.05) is 32.0 Å². The SMILES string of the molecule is CCCN(CCCC(C#N)(c1ccccc1C(F)(F)F)C(C)C)C(C)c1ccccc1. The second-order valence-corrected chi connectivity index (χ2v) is 8.51. The summed E-state index contributed by atoms with van der Waals surface area (Å²) in [7, 11) is 0. The molecule has 0 aliphatic rings. The van der Waals surface area contributed by atoms with Crippen molar-refractivity contribution < 1.29 is 13.2 Å². The highest BCUT2D eigenvalue weighted by Gasteiger charge is 2.43. The average molecular weight is 431 g/mol. The van der Waals surface area contributed by atoms with Crippen LogP contribution in [-0.4, -0.2) is 18.0 Å². The molecule has 2 unspecified atom stereocenters. The molecule has 2 nitrogen and oxygen atoms in total. The van der Waals surface area contributed by atoms with Gasteiger partial charge in [-0.2, -0.15) is 18.4 Å². The monoisotopic (exact) mass is 430 g/mol. The van der Waals surface area contributed by atoms with Gasteiger partial charge in [-0.15, -0.1) is 0 Å². The first-order chi connectivity index (χ1) is 14.7. The summed E-state index contributed by atoms with van der Waals surface area (Å²) in [5.74, 6) is -0.243. The lowest BCUT2D eigenvalue weighted by molar-refractivity contribution is -0.138. The third-order valence-electron chi connectivity index (χ3n) is 6.26. The van der Waals surface area contributed by atoms with Gasteiger partial charge in [0.1, 0.15) is 0 Å². The van der Waals surface area contributed by atoms with Gasteiger partial charge in [-0.1, -0.05) is 69.3 Å². The number of nitriles is 1.